The van der Waals surface area contributed by atoms with Crippen molar-refractivity contribution in [2.24, 2.45) is 0 Å². The highest BCUT2D eigenvalue weighted by molar-refractivity contribution is 5.69. The number of rotatable bonds is 1. The molecule has 1 aliphatic rings. The summed E-state index contributed by atoms with van der Waals surface area (Å²) in [6.45, 7) is -1.11. The minimum atomic E-state index is -3.42. The lowest BCUT2D eigenvalue weighted by Gasteiger charge is -2.32. The van der Waals surface area contributed by atoms with E-state index in [2.05, 4.69) is 4.74 Å². The van der Waals surface area contributed by atoms with Crippen LogP contribution in [0.15, 0.2) is 18.2 Å². The van der Waals surface area contributed by atoms with E-state index < -0.39 is 36.2 Å². The first-order valence-corrected chi connectivity index (χ1v) is 4.70. The van der Waals surface area contributed by atoms with Crippen LogP contribution in [0, 0.1) is 5.82 Å². The highest BCUT2D eigenvalue weighted by Crippen LogP contribution is 2.38. The first-order chi connectivity index (χ1) is 7.92. The van der Waals surface area contributed by atoms with Crippen LogP contribution in [0.25, 0.3) is 0 Å². The zero-order valence-electron chi connectivity index (χ0n) is 8.41. The summed E-state index contributed by atoms with van der Waals surface area (Å²) in [5.41, 5.74) is -0.383. The molecule has 0 radical (unpaired) electrons. The van der Waals surface area contributed by atoms with Crippen molar-refractivity contribution in [3.63, 3.8) is 0 Å². The molecule has 1 aromatic carbocycles. The maximum absolute atomic E-state index is 13.5. The molecule has 2 rings (SSSR count). The summed E-state index contributed by atoms with van der Waals surface area (Å²) in [6.07, 6.45) is -1.04. The van der Waals surface area contributed by atoms with Gasteiger partial charge in [0.15, 0.2) is 18.2 Å². The average molecular weight is 247 g/mol. The summed E-state index contributed by atoms with van der Waals surface area (Å²) in [5.74, 6) is -5.35. The van der Waals surface area contributed by atoms with Crippen molar-refractivity contribution in [1.82, 2.24) is 5.32 Å². The predicted molar refractivity (Wildman–Crippen MR) is 50.2 cm³/mol. The number of carbonyl (C=O) groups is 1. The number of halogens is 3. The van der Waals surface area contributed by atoms with Crippen LogP contribution in [0.2, 0.25) is 0 Å². The number of nitrogens with one attached hydrogen (secondary N) is 1. The largest absolute Gasteiger partial charge is 0.505 e. The van der Waals surface area contributed by atoms with E-state index in [1.807, 2.05) is 5.32 Å². The van der Waals surface area contributed by atoms with Gasteiger partial charge in [-0.2, -0.15) is 0 Å². The number of para-hydroxylation sites is 1. The standard InChI is InChI=1S/C10H8F3NO3/c11-6-3-1-2-5(7(6)15)8-10(12,13)4-17-9(16)14-8/h1-3,8,15H,4H2,(H,14,16)/t8-/m0/s1. The fourth-order valence-corrected chi connectivity index (χ4v) is 1.58. The lowest BCUT2D eigenvalue weighted by Crippen LogP contribution is -2.49. The van der Waals surface area contributed by atoms with Gasteiger partial charge in [0.1, 0.15) is 6.04 Å². The highest BCUT2D eigenvalue weighted by atomic mass is 19.3. The number of hydrogen-bond acceptors (Lipinski definition) is 3. The monoisotopic (exact) mass is 247 g/mol. The molecule has 0 aromatic heterocycles. The van der Waals surface area contributed by atoms with Gasteiger partial charge in [-0.3, -0.25) is 0 Å². The Morgan fingerprint density at radius 3 is 2.88 bits per heavy atom. The molecule has 0 spiro atoms. The molecule has 4 nitrogen and oxygen atoms in total. The minimum Gasteiger partial charge on any atom is -0.505 e. The van der Waals surface area contributed by atoms with Crippen LogP contribution in [0.3, 0.4) is 0 Å². The van der Waals surface area contributed by atoms with E-state index in [1.165, 1.54) is 6.07 Å². The van der Waals surface area contributed by atoms with Crippen LogP contribution in [0.4, 0.5) is 18.0 Å². The van der Waals surface area contributed by atoms with Crippen molar-refractivity contribution < 1.29 is 27.8 Å². The van der Waals surface area contributed by atoms with Crippen LogP contribution in [-0.4, -0.2) is 23.7 Å². The fraction of sp³-hybridized carbons (Fsp3) is 0.300. The molecule has 1 amide bonds. The van der Waals surface area contributed by atoms with Crippen molar-refractivity contribution in [2.45, 2.75) is 12.0 Å². The Hall–Kier alpha value is -1.92. The SMILES string of the molecule is O=C1N[C@@H](c2cccc(F)c2O)C(F)(F)CO1. The Morgan fingerprint density at radius 2 is 2.18 bits per heavy atom. The number of hydrogen-bond donors (Lipinski definition) is 2. The molecule has 0 bridgehead atoms. The van der Waals surface area contributed by atoms with Gasteiger partial charge < -0.3 is 15.2 Å². The molecule has 0 saturated carbocycles. The number of alkyl halides is 2. The molecule has 1 aliphatic heterocycles. The van der Waals surface area contributed by atoms with E-state index in [0.29, 0.717) is 0 Å². The average Bonchev–Trinajstić information content (AvgIpc) is 2.26. The lowest BCUT2D eigenvalue weighted by molar-refractivity contribution is -0.104. The second kappa shape index (κ2) is 3.83. The zero-order valence-corrected chi connectivity index (χ0v) is 8.41. The Balaban J connectivity index is 2.43. The Morgan fingerprint density at radius 1 is 1.47 bits per heavy atom. The molecular weight excluding hydrogens is 239 g/mol. The topological polar surface area (TPSA) is 58.6 Å². The van der Waals surface area contributed by atoms with E-state index in [1.54, 1.807) is 0 Å². The smallest absolute Gasteiger partial charge is 0.408 e. The number of benzene rings is 1. The van der Waals surface area contributed by atoms with E-state index in [4.69, 9.17) is 0 Å². The molecule has 17 heavy (non-hydrogen) atoms. The van der Waals surface area contributed by atoms with Gasteiger partial charge in [0.2, 0.25) is 0 Å². The second-order valence-electron chi connectivity index (χ2n) is 3.59. The Labute approximate surface area is 94.0 Å². The quantitative estimate of drug-likeness (QED) is 0.797. The first-order valence-electron chi connectivity index (χ1n) is 4.70. The zero-order chi connectivity index (χ0) is 12.6. The number of ether oxygens (including phenoxy) is 1. The normalized spacial score (nSPS) is 22.8. The second-order valence-corrected chi connectivity index (χ2v) is 3.59. The van der Waals surface area contributed by atoms with Crippen molar-refractivity contribution in [3.05, 3.63) is 29.6 Å². The number of amides is 1. The van der Waals surface area contributed by atoms with Gasteiger partial charge in [0.05, 0.1) is 0 Å². The highest BCUT2D eigenvalue weighted by Gasteiger charge is 2.48. The van der Waals surface area contributed by atoms with Crippen molar-refractivity contribution in [3.8, 4) is 5.75 Å². The summed E-state index contributed by atoms with van der Waals surface area (Å²) in [5, 5.41) is 11.2. The van der Waals surface area contributed by atoms with Crippen LogP contribution < -0.4 is 5.32 Å². The molecule has 2 N–H and O–H groups in total. The van der Waals surface area contributed by atoms with Crippen LogP contribution in [0.1, 0.15) is 11.6 Å². The summed E-state index contributed by atoms with van der Waals surface area (Å²) in [7, 11) is 0. The molecule has 1 saturated heterocycles. The molecule has 1 atom stereocenters. The molecule has 1 aromatic rings. The minimum absolute atomic E-state index is 0.383. The summed E-state index contributed by atoms with van der Waals surface area (Å²) in [6, 6.07) is 1.41. The Bertz CT molecular complexity index is 464. The number of phenolic OH excluding ortho intramolecular Hbond substituents is 1. The van der Waals surface area contributed by atoms with Crippen LogP contribution in [0.5, 0.6) is 5.75 Å². The fourth-order valence-electron chi connectivity index (χ4n) is 1.58. The van der Waals surface area contributed by atoms with Gasteiger partial charge in [0, 0.05) is 5.56 Å². The van der Waals surface area contributed by atoms with E-state index in [9.17, 15) is 23.1 Å². The van der Waals surface area contributed by atoms with Gasteiger partial charge in [-0.25, -0.2) is 18.0 Å². The maximum Gasteiger partial charge on any atom is 0.408 e. The van der Waals surface area contributed by atoms with Gasteiger partial charge in [0.25, 0.3) is 0 Å². The third kappa shape index (κ3) is 2.00. The first kappa shape index (κ1) is 11.6. The Kier molecular flexibility index (Phi) is 2.60. The predicted octanol–water partition coefficient (Wildman–Crippen LogP) is 1.95. The van der Waals surface area contributed by atoms with Gasteiger partial charge >= 0.3 is 12.0 Å². The van der Waals surface area contributed by atoms with Crippen LogP contribution >= 0.6 is 0 Å². The summed E-state index contributed by atoms with van der Waals surface area (Å²) in [4.78, 5) is 10.9. The van der Waals surface area contributed by atoms with Crippen molar-refractivity contribution >= 4 is 6.09 Å². The maximum atomic E-state index is 13.5. The van der Waals surface area contributed by atoms with Gasteiger partial charge in [-0.1, -0.05) is 12.1 Å². The molecular formula is C10H8F3NO3. The van der Waals surface area contributed by atoms with Crippen LogP contribution in [-0.2, 0) is 4.74 Å². The number of carbonyl (C=O) groups excluding carboxylic acids is 1. The number of alkyl carbamates (subject to hydrolysis) is 1. The van der Waals surface area contributed by atoms with Gasteiger partial charge in [-0.05, 0) is 6.07 Å². The van der Waals surface area contributed by atoms with Gasteiger partial charge in [-0.15, -0.1) is 0 Å². The van der Waals surface area contributed by atoms with E-state index in [-0.39, 0.29) is 5.56 Å². The number of phenols is 1. The molecule has 1 fully saturated rings. The molecule has 7 heteroatoms. The number of aromatic hydroxyl groups is 1. The third-order valence-electron chi connectivity index (χ3n) is 2.41. The molecule has 0 unspecified atom stereocenters. The third-order valence-corrected chi connectivity index (χ3v) is 2.41. The lowest BCUT2D eigenvalue weighted by atomic mass is 9.99. The molecule has 92 valence electrons. The molecule has 0 aliphatic carbocycles. The van der Waals surface area contributed by atoms with E-state index >= 15 is 0 Å². The molecule has 1 heterocycles. The summed E-state index contributed by atoms with van der Waals surface area (Å²) < 4.78 is 44.1. The van der Waals surface area contributed by atoms with Crippen molar-refractivity contribution in [2.75, 3.05) is 6.61 Å². The van der Waals surface area contributed by atoms with E-state index in [0.717, 1.165) is 12.1 Å². The van der Waals surface area contributed by atoms with Crippen molar-refractivity contribution in [1.29, 1.82) is 0 Å². The summed E-state index contributed by atoms with van der Waals surface area (Å²) >= 11 is 0. The number of cyclic esters (lactones) is 1.